The molecule has 0 amide bonds. The highest BCUT2D eigenvalue weighted by Gasteiger charge is 2.30. The molecule has 0 N–H and O–H groups in total. The first-order chi connectivity index (χ1) is 32.6. The fraction of sp³-hybridized carbons (Fsp3) is 0.294. The molecule has 0 spiro atoms. The molecule has 4 aliphatic heterocycles. The summed E-state index contributed by atoms with van der Waals surface area (Å²) in [5.74, 6) is 7.03. The Morgan fingerprint density at radius 1 is 0.373 bits per heavy atom. The quantitative estimate of drug-likeness (QED) is 0.0897. The maximum absolute atomic E-state index is 6.69. The molecule has 4 heterocycles. The Morgan fingerprint density at radius 3 is 1.06 bits per heavy atom. The predicted molar refractivity (Wildman–Crippen MR) is 311 cm³/mol. The highest BCUT2D eigenvalue weighted by atomic mass is 127. The number of rotatable bonds is 13. The molecule has 3 fully saturated rings. The molecule has 10 rings (SSSR count). The monoisotopic (exact) mass is 1590 g/mol. The van der Waals surface area contributed by atoms with Crippen LogP contribution in [-0.4, -0.2) is 38.7 Å². The van der Waals surface area contributed by atoms with Crippen molar-refractivity contribution in [3.63, 3.8) is 0 Å². The predicted octanol–water partition coefficient (Wildman–Crippen LogP) is 16.9. The molecule has 0 aliphatic carbocycles. The standard InChI is InChI=1S/C51H44I6O9S/c52-35-26-44(64-49-7-1-4-18-58-49)38(55)23-41(35)61-29-10-14-32(15-11-29)67-47-16-12-30(62-42-24-39(56)45(27-36(42)53)65-50-8-2-5-19-59-50)21-33(47)34-22-31(13-17-48(34)67)63-43-25-40(57)46(28-37(43)54)66-51-9-3-6-20-60-51/h10-17,21-28,49-51,67H,1-9,18-20H2. The van der Waals surface area contributed by atoms with Gasteiger partial charge < -0.3 is 42.6 Å². The molecule has 67 heavy (non-hydrogen) atoms. The number of hydrogen-bond acceptors (Lipinski definition) is 9. The summed E-state index contributed by atoms with van der Waals surface area (Å²) >= 11 is 14.0. The van der Waals surface area contributed by atoms with Gasteiger partial charge in [-0.25, -0.2) is 0 Å². The Morgan fingerprint density at radius 2 is 0.701 bits per heavy atom. The van der Waals surface area contributed by atoms with E-state index in [1.54, 1.807) is 0 Å². The van der Waals surface area contributed by atoms with Gasteiger partial charge in [0.15, 0.2) is 18.9 Å². The first kappa shape index (κ1) is 49.3. The molecule has 0 aromatic heterocycles. The van der Waals surface area contributed by atoms with Gasteiger partial charge in [0.25, 0.3) is 0 Å². The summed E-state index contributed by atoms with van der Waals surface area (Å²) in [5, 5.41) is 0. The molecular weight excluding hydrogens is 1550 g/mol. The molecule has 16 heteroatoms. The molecule has 0 radical (unpaired) electrons. The van der Waals surface area contributed by atoms with Crippen LogP contribution < -0.4 is 28.4 Å². The van der Waals surface area contributed by atoms with Crippen LogP contribution in [0.1, 0.15) is 57.8 Å². The number of halogens is 6. The Hall–Kier alpha value is -1.27. The van der Waals surface area contributed by atoms with Crippen LogP contribution >= 0.6 is 146 Å². The van der Waals surface area contributed by atoms with Crippen LogP contribution in [0, 0.1) is 21.4 Å². The van der Waals surface area contributed by atoms with E-state index < -0.39 is 10.9 Å². The van der Waals surface area contributed by atoms with E-state index in [0.29, 0.717) is 0 Å². The Balaban J connectivity index is 0.932. The molecule has 3 saturated heterocycles. The van der Waals surface area contributed by atoms with Crippen LogP contribution in [0.15, 0.2) is 112 Å². The van der Waals surface area contributed by atoms with Gasteiger partial charge in [0, 0.05) is 29.1 Å². The Bertz CT molecular complexity index is 2630. The van der Waals surface area contributed by atoms with E-state index in [0.717, 1.165) is 162 Å². The molecule has 3 atom stereocenters. The largest absolute Gasteiger partial charge is 0.464 e. The molecule has 3 unspecified atom stereocenters. The highest BCUT2D eigenvalue weighted by Crippen LogP contribution is 2.64. The van der Waals surface area contributed by atoms with Crippen molar-refractivity contribution in [2.75, 3.05) is 19.8 Å². The van der Waals surface area contributed by atoms with Gasteiger partial charge in [0.1, 0.15) is 51.7 Å². The third-order valence-corrected chi connectivity index (χ3v) is 19.3. The van der Waals surface area contributed by atoms with Crippen molar-refractivity contribution < 1.29 is 42.6 Å². The van der Waals surface area contributed by atoms with Crippen molar-refractivity contribution in [1.82, 2.24) is 0 Å². The van der Waals surface area contributed by atoms with Crippen LogP contribution in [0.2, 0.25) is 0 Å². The van der Waals surface area contributed by atoms with Crippen molar-refractivity contribution in [2.24, 2.45) is 0 Å². The second-order valence-electron chi connectivity index (χ2n) is 16.4. The number of benzene rings is 6. The SMILES string of the molecule is Ic1cc(OC2CCCCO2)c(I)cc1Oc1ccc([SH]2c3ccc(Oc4cc(I)c(OC5CCCCO5)cc4I)cc3-c3cc(Oc4cc(I)c(OC5CCCCO5)cc4I)ccc32)cc1. The van der Waals surface area contributed by atoms with Crippen LogP contribution in [-0.2, 0) is 14.2 Å². The molecule has 9 nitrogen and oxygen atoms in total. The second-order valence-corrected chi connectivity index (χ2v) is 25.5. The van der Waals surface area contributed by atoms with E-state index in [1.807, 2.05) is 36.4 Å². The van der Waals surface area contributed by atoms with Crippen molar-refractivity contribution >= 4 is 146 Å². The summed E-state index contributed by atoms with van der Waals surface area (Å²) < 4.78 is 62.1. The van der Waals surface area contributed by atoms with Gasteiger partial charge in [-0.1, -0.05) is 0 Å². The van der Waals surface area contributed by atoms with Gasteiger partial charge in [-0.2, -0.15) is 10.9 Å². The molecule has 0 bridgehead atoms. The van der Waals surface area contributed by atoms with E-state index in [1.165, 1.54) is 14.7 Å². The lowest BCUT2D eigenvalue weighted by molar-refractivity contribution is -0.106. The van der Waals surface area contributed by atoms with Crippen molar-refractivity contribution in [2.45, 2.75) is 91.3 Å². The topological polar surface area (TPSA) is 83.1 Å². The van der Waals surface area contributed by atoms with Crippen molar-refractivity contribution in [3.05, 3.63) is 118 Å². The number of ether oxygens (including phenoxy) is 9. The lowest BCUT2D eigenvalue weighted by Crippen LogP contribution is -2.25. The summed E-state index contributed by atoms with van der Waals surface area (Å²) in [7, 11) is -0.921. The van der Waals surface area contributed by atoms with Gasteiger partial charge in [0.05, 0.1) is 41.2 Å². The third kappa shape index (κ3) is 11.8. The van der Waals surface area contributed by atoms with Gasteiger partial charge in [-0.3, -0.25) is 0 Å². The fourth-order valence-corrected chi connectivity index (χ4v) is 14.2. The lowest BCUT2D eigenvalue weighted by Gasteiger charge is -2.24. The summed E-state index contributed by atoms with van der Waals surface area (Å²) in [4.78, 5) is 3.72. The normalized spacial score (nSPS) is 20.6. The lowest BCUT2D eigenvalue weighted by atomic mass is 10.1. The van der Waals surface area contributed by atoms with Crippen molar-refractivity contribution in [3.8, 4) is 62.9 Å². The third-order valence-electron chi connectivity index (χ3n) is 11.6. The summed E-state index contributed by atoms with van der Waals surface area (Å²) in [6.07, 6.45) is 8.61. The number of hydrogen-bond donors (Lipinski definition) is 1. The van der Waals surface area contributed by atoms with Gasteiger partial charge in [-0.05, 0) is 287 Å². The van der Waals surface area contributed by atoms with E-state index >= 15 is 0 Å². The van der Waals surface area contributed by atoms with Crippen molar-refractivity contribution in [1.29, 1.82) is 0 Å². The molecule has 6 aromatic carbocycles. The van der Waals surface area contributed by atoms with E-state index in [4.69, 9.17) is 42.6 Å². The fourth-order valence-electron chi connectivity index (χ4n) is 8.30. The van der Waals surface area contributed by atoms with Crippen LogP contribution in [0.3, 0.4) is 0 Å². The number of fused-ring (bicyclic) bond motifs is 3. The second kappa shape index (κ2) is 22.7. The first-order valence-electron chi connectivity index (χ1n) is 22.2. The molecule has 4 aliphatic rings. The van der Waals surface area contributed by atoms with E-state index in [9.17, 15) is 0 Å². The molecular formula is C51H44I6O9S. The maximum atomic E-state index is 6.69. The maximum Gasteiger partial charge on any atom is 0.199 e. The van der Waals surface area contributed by atoms with Crippen LogP contribution in [0.25, 0.3) is 11.1 Å². The molecule has 6 aromatic rings. The summed E-state index contributed by atoms with van der Waals surface area (Å²) in [6, 6.07) is 33.7. The van der Waals surface area contributed by atoms with Crippen LogP contribution in [0.4, 0.5) is 0 Å². The zero-order chi connectivity index (χ0) is 46.0. The summed E-state index contributed by atoms with van der Waals surface area (Å²) in [6.45, 7) is 2.20. The smallest absolute Gasteiger partial charge is 0.199 e. The minimum atomic E-state index is -0.921. The Labute approximate surface area is 475 Å². The zero-order valence-corrected chi connectivity index (χ0v) is 49.7. The highest BCUT2D eigenvalue weighted by molar-refractivity contribution is 14.1. The number of thiol groups is 1. The zero-order valence-electron chi connectivity index (χ0n) is 35.8. The Kier molecular flexibility index (Phi) is 16.7. The van der Waals surface area contributed by atoms with Gasteiger partial charge >= 0.3 is 0 Å². The van der Waals surface area contributed by atoms with Gasteiger partial charge in [0.2, 0.25) is 0 Å². The average Bonchev–Trinajstić information content (AvgIpc) is 3.65. The van der Waals surface area contributed by atoms with E-state index in [2.05, 4.69) is 196 Å². The minimum absolute atomic E-state index is 0.205. The average molecular weight is 1590 g/mol. The van der Waals surface area contributed by atoms with Crippen LogP contribution in [0.5, 0.6) is 51.7 Å². The molecule has 0 saturated carbocycles. The minimum Gasteiger partial charge on any atom is -0.464 e. The first-order valence-corrected chi connectivity index (χ1v) is 30.0. The summed E-state index contributed by atoms with van der Waals surface area (Å²) in [5.41, 5.74) is 2.24. The molecule has 350 valence electrons. The van der Waals surface area contributed by atoms with E-state index in [-0.39, 0.29) is 18.9 Å². The van der Waals surface area contributed by atoms with Gasteiger partial charge in [-0.15, -0.1) is 0 Å².